The van der Waals surface area contributed by atoms with Gasteiger partial charge in [0.1, 0.15) is 0 Å². The quantitative estimate of drug-likeness (QED) is 0.276. The molecule has 8 N–H and O–H groups in total. The molecule has 8 nitrogen and oxygen atoms in total. The molecular formula is C5H13N7O. The fourth-order valence-electron chi connectivity index (χ4n) is 0.893. The molecule has 1 heterocycles. The van der Waals surface area contributed by atoms with Gasteiger partial charge in [0.15, 0.2) is 0 Å². The van der Waals surface area contributed by atoms with Crippen molar-refractivity contribution >= 4 is 11.9 Å². The first kappa shape index (κ1) is 9.71. The molecule has 1 rings (SSSR count). The lowest BCUT2D eigenvalue weighted by Crippen LogP contribution is -2.66. The average molecular weight is 187 g/mol. The molecule has 13 heavy (non-hydrogen) atoms. The van der Waals surface area contributed by atoms with Gasteiger partial charge in [-0.15, -0.1) is 0 Å². The zero-order chi connectivity index (χ0) is 10.1. The number of rotatable bonds is 2. The van der Waals surface area contributed by atoms with E-state index in [1.807, 2.05) is 0 Å². The Morgan fingerprint density at radius 3 is 2.69 bits per heavy atom. The van der Waals surface area contributed by atoms with Gasteiger partial charge in [-0.3, -0.25) is 5.73 Å². The van der Waals surface area contributed by atoms with Crippen LogP contribution < -0.4 is 23.0 Å². The molecule has 0 aromatic rings. The van der Waals surface area contributed by atoms with E-state index in [0.29, 0.717) is 6.61 Å². The molecule has 1 unspecified atom stereocenters. The van der Waals surface area contributed by atoms with Gasteiger partial charge in [-0.25, -0.2) is 10.9 Å². The molecule has 74 valence electrons. The van der Waals surface area contributed by atoms with Crippen LogP contribution in [0.1, 0.15) is 6.92 Å². The third-order valence-corrected chi connectivity index (χ3v) is 1.45. The standard InChI is InChI=1S/C5H13N7O/c1-2-13-5(8)11-3(6)10-4(7)12(5)9/h2,8-9H2,1H3,(H4,6,7,10,11). The van der Waals surface area contributed by atoms with Gasteiger partial charge in [0.05, 0.1) is 6.61 Å². The van der Waals surface area contributed by atoms with Crippen LogP contribution in [0.3, 0.4) is 0 Å². The molecule has 0 saturated carbocycles. The van der Waals surface area contributed by atoms with Crippen LogP contribution in [0.2, 0.25) is 0 Å². The molecule has 0 spiro atoms. The smallest absolute Gasteiger partial charge is 0.319 e. The summed E-state index contributed by atoms with van der Waals surface area (Å²) in [7, 11) is 0. The van der Waals surface area contributed by atoms with Crippen molar-refractivity contribution in [3.05, 3.63) is 0 Å². The van der Waals surface area contributed by atoms with Crippen molar-refractivity contribution in [2.45, 2.75) is 12.9 Å². The zero-order valence-corrected chi connectivity index (χ0v) is 7.27. The monoisotopic (exact) mass is 187 g/mol. The number of hydrogen-bond donors (Lipinski definition) is 4. The first-order chi connectivity index (χ1) is 5.99. The largest absolute Gasteiger partial charge is 0.368 e. The summed E-state index contributed by atoms with van der Waals surface area (Å²) in [6, 6.07) is 0. The summed E-state index contributed by atoms with van der Waals surface area (Å²) in [5.74, 6) is 3.82. The summed E-state index contributed by atoms with van der Waals surface area (Å²) in [6.45, 7) is 2.07. The van der Waals surface area contributed by atoms with Crippen molar-refractivity contribution in [2.24, 2.45) is 33.0 Å². The van der Waals surface area contributed by atoms with Gasteiger partial charge >= 0.3 is 5.97 Å². The van der Waals surface area contributed by atoms with Crippen LogP contribution >= 0.6 is 0 Å². The van der Waals surface area contributed by atoms with E-state index in [9.17, 15) is 0 Å². The van der Waals surface area contributed by atoms with Gasteiger partial charge in [0, 0.05) is 0 Å². The third kappa shape index (κ3) is 1.69. The number of ether oxygens (including phenoxy) is 1. The summed E-state index contributed by atoms with van der Waals surface area (Å²) in [6.07, 6.45) is 0. The Labute approximate surface area is 75.2 Å². The van der Waals surface area contributed by atoms with Crippen LogP contribution in [-0.4, -0.2) is 29.5 Å². The van der Waals surface area contributed by atoms with Gasteiger partial charge in [0.25, 0.3) is 0 Å². The summed E-state index contributed by atoms with van der Waals surface area (Å²) < 4.78 is 5.07. The van der Waals surface area contributed by atoms with Crippen molar-refractivity contribution in [1.29, 1.82) is 0 Å². The Balaban J connectivity index is 2.94. The van der Waals surface area contributed by atoms with E-state index in [-0.39, 0.29) is 11.9 Å². The molecule has 0 amide bonds. The Bertz CT molecular complexity index is 262. The Kier molecular flexibility index (Phi) is 2.36. The topological polar surface area (TPSA) is 141 Å². The summed E-state index contributed by atoms with van der Waals surface area (Å²) in [5, 5.41) is 0.910. The molecule has 0 aromatic carbocycles. The van der Waals surface area contributed by atoms with Crippen molar-refractivity contribution in [1.82, 2.24) is 5.01 Å². The first-order valence-electron chi connectivity index (χ1n) is 3.67. The number of aliphatic imine (C=N–C) groups is 2. The SMILES string of the molecule is CCOC1(N)N=C(N)N=C(N)N1N. The van der Waals surface area contributed by atoms with Crippen LogP contribution in [0.15, 0.2) is 9.98 Å². The molecule has 0 aromatic heterocycles. The van der Waals surface area contributed by atoms with Gasteiger partial charge in [-0.05, 0) is 6.92 Å². The number of hydrogen-bond acceptors (Lipinski definition) is 8. The van der Waals surface area contributed by atoms with Crippen LogP contribution in [-0.2, 0) is 4.74 Å². The van der Waals surface area contributed by atoms with E-state index in [0.717, 1.165) is 5.01 Å². The van der Waals surface area contributed by atoms with Gasteiger partial charge in [0.2, 0.25) is 11.9 Å². The molecule has 0 fully saturated rings. The summed E-state index contributed by atoms with van der Waals surface area (Å²) in [5.41, 5.74) is 16.4. The normalized spacial score (nSPS) is 28.4. The number of nitrogens with two attached hydrogens (primary N) is 4. The fraction of sp³-hybridized carbons (Fsp3) is 0.600. The Morgan fingerprint density at radius 1 is 1.54 bits per heavy atom. The maximum absolute atomic E-state index is 5.64. The molecule has 1 atom stereocenters. The molecule has 1 aliphatic rings. The number of guanidine groups is 2. The predicted octanol–water partition coefficient (Wildman–Crippen LogP) is -2.59. The molecule has 0 bridgehead atoms. The predicted molar refractivity (Wildman–Crippen MR) is 47.8 cm³/mol. The van der Waals surface area contributed by atoms with Crippen LogP contribution in [0.4, 0.5) is 0 Å². The minimum absolute atomic E-state index is 0.0385. The van der Waals surface area contributed by atoms with Gasteiger partial charge < -0.3 is 16.2 Å². The van der Waals surface area contributed by atoms with E-state index in [2.05, 4.69) is 9.98 Å². The summed E-state index contributed by atoms with van der Waals surface area (Å²) >= 11 is 0. The minimum Gasteiger partial charge on any atom is -0.368 e. The molecule has 0 aliphatic carbocycles. The van der Waals surface area contributed by atoms with Crippen LogP contribution in [0, 0.1) is 0 Å². The lowest BCUT2D eigenvalue weighted by atomic mass is 10.6. The molecule has 0 radical (unpaired) electrons. The Hall–Kier alpha value is -1.38. The van der Waals surface area contributed by atoms with E-state index >= 15 is 0 Å². The lowest BCUT2D eigenvalue weighted by Gasteiger charge is -2.35. The maximum Gasteiger partial charge on any atom is 0.319 e. The summed E-state index contributed by atoms with van der Waals surface area (Å²) in [4.78, 5) is 7.32. The first-order valence-corrected chi connectivity index (χ1v) is 3.67. The highest BCUT2D eigenvalue weighted by Crippen LogP contribution is 2.11. The molecule has 1 aliphatic heterocycles. The second kappa shape index (κ2) is 3.17. The van der Waals surface area contributed by atoms with Crippen molar-refractivity contribution in [2.75, 3.05) is 6.61 Å². The Morgan fingerprint density at radius 2 is 2.15 bits per heavy atom. The number of nitrogens with zero attached hydrogens (tertiary/aromatic N) is 3. The molecule has 8 heteroatoms. The highest BCUT2D eigenvalue weighted by molar-refractivity contribution is 5.95. The van der Waals surface area contributed by atoms with Gasteiger partial charge in [-0.2, -0.15) is 9.98 Å². The van der Waals surface area contributed by atoms with E-state index in [4.69, 9.17) is 27.8 Å². The van der Waals surface area contributed by atoms with Crippen LogP contribution in [0.5, 0.6) is 0 Å². The highest BCUT2D eigenvalue weighted by Gasteiger charge is 2.36. The minimum atomic E-state index is -1.55. The van der Waals surface area contributed by atoms with Crippen molar-refractivity contribution in [3.8, 4) is 0 Å². The average Bonchev–Trinajstić information content (AvgIpc) is 2.00. The van der Waals surface area contributed by atoms with Gasteiger partial charge in [-0.1, -0.05) is 0 Å². The van der Waals surface area contributed by atoms with E-state index in [1.165, 1.54) is 0 Å². The third-order valence-electron chi connectivity index (χ3n) is 1.45. The van der Waals surface area contributed by atoms with Crippen LogP contribution in [0.25, 0.3) is 0 Å². The molecular weight excluding hydrogens is 174 g/mol. The highest BCUT2D eigenvalue weighted by atomic mass is 16.5. The lowest BCUT2D eigenvalue weighted by molar-refractivity contribution is -0.116. The van der Waals surface area contributed by atoms with Crippen molar-refractivity contribution < 1.29 is 4.74 Å². The second-order valence-corrected chi connectivity index (χ2v) is 2.40. The molecule has 0 saturated heterocycles. The zero-order valence-electron chi connectivity index (χ0n) is 7.27. The second-order valence-electron chi connectivity index (χ2n) is 2.40. The fourth-order valence-corrected chi connectivity index (χ4v) is 0.893. The van der Waals surface area contributed by atoms with E-state index in [1.54, 1.807) is 6.92 Å². The number of hydrazine groups is 1. The van der Waals surface area contributed by atoms with Crippen molar-refractivity contribution in [3.63, 3.8) is 0 Å². The van der Waals surface area contributed by atoms with E-state index < -0.39 is 5.97 Å². The maximum atomic E-state index is 5.64.